The molecule has 0 radical (unpaired) electrons. The molecule has 0 aromatic rings. The minimum atomic E-state index is -0.446. The van der Waals surface area contributed by atoms with E-state index in [0.29, 0.717) is 39.6 Å². The predicted molar refractivity (Wildman–Crippen MR) is 71.8 cm³/mol. The van der Waals surface area contributed by atoms with Gasteiger partial charge in [-0.2, -0.15) is 0 Å². The lowest BCUT2D eigenvalue weighted by atomic mass is 10.2. The molecule has 5 nitrogen and oxygen atoms in total. The Kier molecular flexibility index (Phi) is 10.2. The molecule has 0 aromatic carbocycles. The molecule has 0 heterocycles. The van der Waals surface area contributed by atoms with Gasteiger partial charge in [0.15, 0.2) is 0 Å². The van der Waals surface area contributed by atoms with Crippen molar-refractivity contribution in [2.24, 2.45) is 0 Å². The predicted octanol–water partition coefficient (Wildman–Crippen LogP) is 1.40. The maximum absolute atomic E-state index is 11.3. The Labute approximate surface area is 115 Å². The number of rotatable bonds is 10. The summed E-state index contributed by atoms with van der Waals surface area (Å²) in [5.74, 6) is 2.11. The second kappa shape index (κ2) is 10.8. The highest BCUT2D eigenvalue weighted by Gasteiger charge is 2.15. The fourth-order valence-electron chi connectivity index (χ4n) is 1.12. The molecule has 0 fully saturated rings. The number of terminal acetylenes is 1. The zero-order valence-electron chi connectivity index (χ0n) is 12.1. The van der Waals surface area contributed by atoms with Crippen molar-refractivity contribution in [3.8, 4) is 12.3 Å². The van der Waals surface area contributed by atoms with Crippen LogP contribution in [-0.2, 0) is 23.7 Å². The van der Waals surface area contributed by atoms with Crippen molar-refractivity contribution in [3.63, 3.8) is 0 Å². The van der Waals surface area contributed by atoms with Crippen molar-refractivity contribution in [2.45, 2.75) is 32.8 Å². The molecular weight excluding hydrogens is 248 g/mol. The van der Waals surface area contributed by atoms with E-state index in [-0.39, 0.29) is 12.4 Å². The van der Waals surface area contributed by atoms with Gasteiger partial charge in [-0.1, -0.05) is 5.92 Å². The van der Waals surface area contributed by atoms with Crippen molar-refractivity contribution in [2.75, 3.05) is 39.6 Å². The molecule has 0 rings (SSSR count). The zero-order valence-corrected chi connectivity index (χ0v) is 12.1. The lowest BCUT2D eigenvalue weighted by Gasteiger charge is -2.19. The van der Waals surface area contributed by atoms with Crippen molar-refractivity contribution in [3.05, 3.63) is 0 Å². The molecule has 0 aliphatic heterocycles. The Morgan fingerprint density at radius 2 is 1.53 bits per heavy atom. The van der Waals surface area contributed by atoms with Crippen LogP contribution in [0.15, 0.2) is 0 Å². The Hall–Kier alpha value is -1.09. The lowest BCUT2D eigenvalue weighted by molar-refractivity contribution is -0.156. The van der Waals surface area contributed by atoms with Gasteiger partial charge in [0.05, 0.1) is 39.5 Å². The number of hydrogen-bond acceptors (Lipinski definition) is 5. The average Bonchev–Trinajstić information content (AvgIpc) is 2.29. The van der Waals surface area contributed by atoms with Gasteiger partial charge in [-0.15, -0.1) is 6.42 Å². The highest BCUT2D eigenvalue weighted by atomic mass is 16.6. The summed E-state index contributed by atoms with van der Waals surface area (Å²) in [4.78, 5) is 11.3. The monoisotopic (exact) mass is 272 g/mol. The van der Waals surface area contributed by atoms with Gasteiger partial charge < -0.3 is 18.9 Å². The molecule has 5 heteroatoms. The summed E-state index contributed by atoms with van der Waals surface area (Å²) in [5, 5.41) is 0. The van der Waals surface area contributed by atoms with Crippen molar-refractivity contribution in [1.82, 2.24) is 0 Å². The lowest BCUT2D eigenvalue weighted by Crippen LogP contribution is -2.24. The fourth-order valence-corrected chi connectivity index (χ4v) is 1.12. The molecule has 0 N–H and O–H groups in total. The molecule has 0 aliphatic carbocycles. The van der Waals surface area contributed by atoms with E-state index in [1.165, 1.54) is 0 Å². The Morgan fingerprint density at radius 3 is 2.05 bits per heavy atom. The third-order valence-corrected chi connectivity index (χ3v) is 1.80. The first-order valence-corrected chi connectivity index (χ1v) is 6.34. The van der Waals surface area contributed by atoms with Crippen molar-refractivity contribution in [1.29, 1.82) is 0 Å². The van der Waals surface area contributed by atoms with Gasteiger partial charge in [-0.3, -0.25) is 4.79 Å². The molecule has 0 saturated carbocycles. The van der Waals surface area contributed by atoms with E-state index >= 15 is 0 Å². The van der Waals surface area contributed by atoms with Crippen LogP contribution in [0.3, 0.4) is 0 Å². The van der Waals surface area contributed by atoms with Crippen molar-refractivity contribution < 1.29 is 23.7 Å². The van der Waals surface area contributed by atoms with Crippen LogP contribution < -0.4 is 0 Å². The highest BCUT2D eigenvalue weighted by Crippen LogP contribution is 2.07. The molecule has 0 spiro atoms. The van der Waals surface area contributed by atoms with Gasteiger partial charge in [-0.25, -0.2) is 0 Å². The number of ether oxygens (including phenoxy) is 4. The summed E-state index contributed by atoms with van der Waals surface area (Å²) in [7, 11) is 0. The van der Waals surface area contributed by atoms with Gasteiger partial charge in [-0.05, 0) is 20.8 Å². The van der Waals surface area contributed by atoms with E-state index in [4.69, 9.17) is 25.4 Å². The second-order valence-electron chi connectivity index (χ2n) is 4.82. The van der Waals surface area contributed by atoms with E-state index in [0.717, 1.165) is 0 Å². The molecule has 0 aromatic heterocycles. The molecular formula is C14H24O5. The number of hydrogen-bond donors (Lipinski definition) is 0. The first kappa shape index (κ1) is 17.9. The summed E-state index contributed by atoms with van der Waals surface area (Å²) < 4.78 is 20.6. The first-order chi connectivity index (χ1) is 8.95. The normalized spacial score (nSPS) is 11.1. The maximum Gasteiger partial charge on any atom is 0.308 e. The summed E-state index contributed by atoms with van der Waals surface area (Å²) in [6.07, 6.45) is 5.27. The van der Waals surface area contributed by atoms with E-state index in [1.54, 1.807) is 0 Å². The smallest absolute Gasteiger partial charge is 0.308 e. The fraction of sp³-hybridized carbons (Fsp3) is 0.786. The Bertz CT molecular complexity index is 275. The van der Waals surface area contributed by atoms with E-state index in [2.05, 4.69) is 5.92 Å². The van der Waals surface area contributed by atoms with Crippen LogP contribution in [-0.4, -0.2) is 51.2 Å². The standard InChI is InChI=1S/C14H24O5/c1-5-7-16-9-11-18-12-10-17-8-6-13(15)19-14(2,3)4/h1H,6-12H2,2-4H3. The SMILES string of the molecule is C#CCOCCOCCOCCC(=O)OC(C)(C)C. The first-order valence-electron chi connectivity index (χ1n) is 6.34. The topological polar surface area (TPSA) is 54.0 Å². The summed E-state index contributed by atoms with van der Waals surface area (Å²) >= 11 is 0. The minimum Gasteiger partial charge on any atom is -0.460 e. The van der Waals surface area contributed by atoms with E-state index in [1.807, 2.05) is 20.8 Å². The van der Waals surface area contributed by atoms with Crippen LogP contribution >= 0.6 is 0 Å². The largest absolute Gasteiger partial charge is 0.460 e. The maximum atomic E-state index is 11.3. The van der Waals surface area contributed by atoms with Crippen LogP contribution in [0.25, 0.3) is 0 Å². The molecule has 110 valence electrons. The summed E-state index contributed by atoms with van der Waals surface area (Å²) in [6.45, 7) is 8.01. The van der Waals surface area contributed by atoms with Gasteiger partial charge in [0.1, 0.15) is 12.2 Å². The molecule has 19 heavy (non-hydrogen) atoms. The average molecular weight is 272 g/mol. The van der Waals surface area contributed by atoms with Crippen LogP contribution in [0.4, 0.5) is 0 Å². The third kappa shape index (κ3) is 14.9. The minimum absolute atomic E-state index is 0.253. The van der Waals surface area contributed by atoms with Gasteiger partial charge in [0.2, 0.25) is 0 Å². The van der Waals surface area contributed by atoms with Crippen LogP contribution in [0, 0.1) is 12.3 Å². The van der Waals surface area contributed by atoms with Crippen molar-refractivity contribution >= 4 is 5.97 Å². The Morgan fingerprint density at radius 1 is 1.00 bits per heavy atom. The molecule has 0 aliphatic rings. The molecule has 0 bridgehead atoms. The second-order valence-corrected chi connectivity index (χ2v) is 4.82. The number of esters is 1. The number of carbonyl (C=O) groups is 1. The van der Waals surface area contributed by atoms with Crippen LogP contribution in [0.2, 0.25) is 0 Å². The summed E-state index contributed by atoms with van der Waals surface area (Å²) in [5.41, 5.74) is -0.446. The zero-order chi connectivity index (χ0) is 14.6. The van der Waals surface area contributed by atoms with Gasteiger partial charge in [0.25, 0.3) is 0 Å². The number of carbonyl (C=O) groups excluding carboxylic acids is 1. The summed E-state index contributed by atoms with van der Waals surface area (Å²) in [6, 6.07) is 0. The van der Waals surface area contributed by atoms with Gasteiger partial charge >= 0.3 is 5.97 Å². The molecule has 0 amide bonds. The quantitative estimate of drug-likeness (QED) is 0.342. The van der Waals surface area contributed by atoms with E-state index < -0.39 is 5.60 Å². The molecule has 0 unspecified atom stereocenters. The van der Waals surface area contributed by atoms with Gasteiger partial charge in [0, 0.05) is 0 Å². The molecule has 0 saturated heterocycles. The van der Waals surface area contributed by atoms with Crippen LogP contribution in [0.5, 0.6) is 0 Å². The van der Waals surface area contributed by atoms with E-state index in [9.17, 15) is 4.79 Å². The molecule has 0 atom stereocenters. The Balaban J connectivity index is 3.23. The third-order valence-electron chi connectivity index (χ3n) is 1.80. The van der Waals surface area contributed by atoms with Crippen LogP contribution in [0.1, 0.15) is 27.2 Å². The highest BCUT2D eigenvalue weighted by molar-refractivity contribution is 5.69.